The number of amides is 1. The second kappa shape index (κ2) is 9.41. The molecule has 0 aromatic heterocycles. The molecule has 1 amide bonds. The van der Waals surface area contributed by atoms with Crippen molar-refractivity contribution in [2.45, 2.75) is 38.7 Å². The molecule has 0 aliphatic carbocycles. The molecular weight excluding hydrogens is 329 g/mol. The largest absolute Gasteiger partial charge is 0.488 e. The van der Waals surface area contributed by atoms with Crippen molar-refractivity contribution in [1.29, 1.82) is 0 Å². The van der Waals surface area contributed by atoms with E-state index in [1.165, 1.54) is 5.56 Å². The fourth-order valence-electron chi connectivity index (χ4n) is 2.59. The van der Waals surface area contributed by atoms with Crippen LogP contribution in [0, 0.1) is 0 Å². The Morgan fingerprint density at radius 3 is 2.23 bits per heavy atom. The minimum Gasteiger partial charge on any atom is -0.444 e. The standard InChI is InChI=1S/C20H26BNO4/c1-20(2,14-12-16-6-4-3-5-7-16)26-19(23)22-15-13-17-8-10-18(11-9-17)21(24)25/h3-11,24-25H,12-15H2,1-2H3,(H,22,23). The quantitative estimate of drug-likeness (QED) is 0.634. The van der Waals surface area contributed by atoms with E-state index in [1.807, 2.05) is 44.2 Å². The van der Waals surface area contributed by atoms with E-state index in [4.69, 9.17) is 14.8 Å². The van der Waals surface area contributed by atoms with Crippen molar-refractivity contribution in [3.63, 3.8) is 0 Å². The first-order valence-corrected chi connectivity index (χ1v) is 8.81. The second-order valence-electron chi connectivity index (χ2n) is 6.93. The highest BCUT2D eigenvalue weighted by Crippen LogP contribution is 2.18. The van der Waals surface area contributed by atoms with Crippen LogP contribution in [0.25, 0.3) is 0 Å². The Kier molecular flexibility index (Phi) is 7.24. The third kappa shape index (κ3) is 6.90. The maximum Gasteiger partial charge on any atom is 0.488 e. The molecule has 0 spiro atoms. The lowest BCUT2D eigenvalue weighted by Crippen LogP contribution is -2.36. The SMILES string of the molecule is CC(C)(CCc1ccccc1)OC(=O)NCCc1ccc(B(O)O)cc1. The Hall–Kier alpha value is -2.31. The topological polar surface area (TPSA) is 78.8 Å². The monoisotopic (exact) mass is 355 g/mol. The summed E-state index contributed by atoms with van der Waals surface area (Å²) in [6.07, 6.45) is 1.81. The Balaban J connectivity index is 1.71. The van der Waals surface area contributed by atoms with Crippen molar-refractivity contribution in [1.82, 2.24) is 5.32 Å². The average Bonchev–Trinajstić information content (AvgIpc) is 2.61. The number of hydrogen-bond donors (Lipinski definition) is 3. The summed E-state index contributed by atoms with van der Waals surface area (Å²) in [4.78, 5) is 12.0. The maximum absolute atomic E-state index is 12.0. The third-order valence-corrected chi connectivity index (χ3v) is 4.19. The van der Waals surface area contributed by atoms with Gasteiger partial charge in [0, 0.05) is 6.54 Å². The number of carbonyl (C=O) groups excluding carboxylic acids is 1. The highest BCUT2D eigenvalue weighted by atomic mass is 16.6. The van der Waals surface area contributed by atoms with E-state index in [0.717, 1.165) is 18.4 Å². The average molecular weight is 355 g/mol. The number of aryl methyl sites for hydroxylation is 1. The van der Waals surface area contributed by atoms with Gasteiger partial charge in [0.05, 0.1) is 0 Å². The van der Waals surface area contributed by atoms with E-state index < -0.39 is 18.8 Å². The van der Waals surface area contributed by atoms with E-state index in [1.54, 1.807) is 12.1 Å². The predicted molar refractivity (Wildman–Crippen MR) is 103 cm³/mol. The van der Waals surface area contributed by atoms with Gasteiger partial charge in [-0.25, -0.2) is 4.79 Å². The second-order valence-corrected chi connectivity index (χ2v) is 6.93. The number of nitrogens with one attached hydrogen (secondary N) is 1. The molecule has 0 heterocycles. The molecule has 2 rings (SSSR count). The zero-order valence-electron chi connectivity index (χ0n) is 15.3. The van der Waals surface area contributed by atoms with Crippen molar-refractivity contribution >= 4 is 18.7 Å². The van der Waals surface area contributed by atoms with Gasteiger partial charge in [0.25, 0.3) is 0 Å². The number of benzene rings is 2. The Labute approximate surface area is 155 Å². The van der Waals surface area contributed by atoms with E-state index in [-0.39, 0.29) is 0 Å². The Morgan fingerprint density at radius 1 is 1.00 bits per heavy atom. The summed E-state index contributed by atoms with van der Waals surface area (Å²) in [6.45, 7) is 4.28. The minimum absolute atomic E-state index is 0.425. The van der Waals surface area contributed by atoms with Crippen LogP contribution in [0.15, 0.2) is 54.6 Å². The van der Waals surface area contributed by atoms with E-state index in [9.17, 15) is 4.79 Å². The molecule has 0 saturated carbocycles. The van der Waals surface area contributed by atoms with Crippen molar-refractivity contribution in [2.75, 3.05) is 6.54 Å². The first kappa shape index (κ1) is 20.0. The number of carbonyl (C=O) groups is 1. The van der Waals surface area contributed by atoms with Crippen molar-refractivity contribution < 1.29 is 19.6 Å². The predicted octanol–water partition coefficient (Wildman–Crippen LogP) is 2.05. The normalized spacial score (nSPS) is 11.1. The third-order valence-electron chi connectivity index (χ3n) is 4.19. The van der Waals surface area contributed by atoms with Gasteiger partial charge in [0.1, 0.15) is 5.60 Å². The van der Waals surface area contributed by atoms with Gasteiger partial charge >= 0.3 is 13.2 Å². The molecule has 0 aliphatic rings. The van der Waals surface area contributed by atoms with Gasteiger partial charge in [0.15, 0.2) is 0 Å². The molecule has 0 radical (unpaired) electrons. The lowest BCUT2D eigenvalue weighted by molar-refractivity contribution is 0.0331. The molecule has 5 nitrogen and oxygen atoms in total. The molecule has 0 atom stereocenters. The number of ether oxygens (including phenoxy) is 1. The Bertz CT molecular complexity index is 687. The fourth-order valence-corrected chi connectivity index (χ4v) is 2.59. The summed E-state index contributed by atoms with van der Waals surface area (Å²) in [6, 6.07) is 17.1. The van der Waals surface area contributed by atoms with Crippen LogP contribution in [0.1, 0.15) is 31.4 Å². The molecule has 6 heteroatoms. The lowest BCUT2D eigenvalue weighted by Gasteiger charge is -2.25. The van der Waals surface area contributed by atoms with E-state index >= 15 is 0 Å². The van der Waals surface area contributed by atoms with Crippen molar-refractivity contribution in [2.24, 2.45) is 0 Å². The van der Waals surface area contributed by atoms with Gasteiger partial charge in [-0.15, -0.1) is 0 Å². The molecule has 138 valence electrons. The van der Waals surface area contributed by atoms with Crippen molar-refractivity contribution in [3.05, 3.63) is 65.7 Å². The van der Waals surface area contributed by atoms with Gasteiger partial charge in [-0.2, -0.15) is 0 Å². The molecule has 0 unspecified atom stereocenters. The summed E-state index contributed by atoms with van der Waals surface area (Å²) in [5.41, 5.74) is 2.12. The maximum atomic E-state index is 12.0. The number of alkyl carbamates (subject to hydrolysis) is 1. The van der Waals surface area contributed by atoms with E-state index in [2.05, 4.69) is 17.4 Å². The molecule has 0 bridgehead atoms. The molecule has 2 aromatic rings. The molecule has 0 saturated heterocycles. The van der Waals surface area contributed by atoms with Crippen LogP contribution in [-0.2, 0) is 17.6 Å². The molecule has 0 aliphatic heterocycles. The van der Waals surface area contributed by atoms with Crippen LogP contribution in [0.4, 0.5) is 4.79 Å². The number of hydrogen-bond acceptors (Lipinski definition) is 4. The summed E-state index contributed by atoms with van der Waals surface area (Å²) in [7, 11) is -1.46. The van der Waals surface area contributed by atoms with Crippen LogP contribution in [0.5, 0.6) is 0 Å². The summed E-state index contributed by atoms with van der Waals surface area (Å²) in [5, 5.41) is 20.9. The molecule has 26 heavy (non-hydrogen) atoms. The zero-order chi connectivity index (χ0) is 19.0. The van der Waals surface area contributed by atoms with Crippen LogP contribution in [0.2, 0.25) is 0 Å². The molecular formula is C20H26BNO4. The van der Waals surface area contributed by atoms with E-state index in [0.29, 0.717) is 18.4 Å². The van der Waals surface area contributed by atoms with Gasteiger partial charge in [-0.3, -0.25) is 0 Å². The first-order valence-electron chi connectivity index (χ1n) is 8.81. The summed E-state index contributed by atoms with van der Waals surface area (Å²) in [5.74, 6) is 0. The van der Waals surface area contributed by atoms with Crippen LogP contribution in [0.3, 0.4) is 0 Å². The van der Waals surface area contributed by atoms with Gasteiger partial charge in [0.2, 0.25) is 0 Å². The van der Waals surface area contributed by atoms with Gasteiger partial charge in [-0.1, -0.05) is 54.6 Å². The summed E-state index contributed by atoms with van der Waals surface area (Å²) < 4.78 is 5.53. The summed E-state index contributed by atoms with van der Waals surface area (Å²) >= 11 is 0. The highest BCUT2D eigenvalue weighted by molar-refractivity contribution is 6.58. The van der Waals surface area contributed by atoms with Crippen LogP contribution >= 0.6 is 0 Å². The number of rotatable bonds is 8. The van der Waals surface area contributed by atoms with Crippen molar-refractivity contribution in [3.8, 4) is 0 Å². The Morgan fingerprint density at radius 2 is 1.62 bits per heavy atom. The molecule has 2 aromatic carbocycles. The fraction of sp³-hybridized carbons (Fsp3) is 0.350. The van der Waals surface area contributed by atoms with Gasteiger partial charge in [-0.05, 0) is 49.7 Å². The van der Waals surface area contributed by atoms with Crippen LogP contribution in [-0.4, -0.2) is 35.4 Å². The first-order chi connectivity index (χ1) is 12.4. The lowest BCUT2D eigenvalue weighted by atomic mass is 9.80. The van der Waals surface area contributed by atoms with Gasteiger partial charge < -0.3 is 20.1 Å². The van der Waals surface area contributed by atoms with Crippen LogP contribution < -0.4 is 10.8 Å². The minimum atomic E-state index is -1.46. The highest BCUT2D eigenvalue weighted by Gasteiger charge is 2.22. The smallest absolute Gasteiger partial charge is 0.444 e. The molecule has 0 fully saturated rings. The zero-order valence-corrected chi connectivity index (χ0v) is 15.3. The molecule has 3 N–H and O–H groups in total.